The second kappa shape index (κ2) is 21.3. The maximum absolute atomic E-state index is 13.8. The normalized spacial score (nSPS) is 17.6. The Morgan fingerprint density at radius 2 is 1.35 bits per heavy atom. The zero-order valence-electron chi connectivity index (χ0n) is 29.3. The molecule has 19 nitrogen and oxygen atoms in total. The highest BCUT2D eigenvalue weighted by atomic mass is 32.1. The Kier molecular flexibility index (Phi) is 18.8. The van der Waals surface area contributed by atoms with Crippen molar-refractivity contribution in [3.8, 4) is 0 Å². The molecule has 0 saturated carbocycles. The number of rotatable bonds is 20. The van der Waals surface area contributed by atoms with E-state index < -0.39 is 120 Å². The van der Waals surface area contributed by atoms with Crippen LogP contribution in [-0.4, -0.2) is 130 Å². The van der Waals surface area contributed by atoms with Crippen molar-refractivity contribution in [2.45, 2.75) is 96.2 Å². The molecule has 0 bridgehead atoms. The number of nitrogens with zero attached hydrogens (tertiary/aromatic N) is 1. The molecule has 0 spiro atoms. The lowest BCUT2D eigenvalue weighted by molar-refractivity contribution is -0.144. The highest BCUT2D eigenvalue weighted by molar-refractivity contribution is 7.80. The zero-order chi connectivity index (χ0) is 39.2. The van der Waals surface area contributed by atoms with Gasteiger partial charge in [0, 0.05) is 18.1 Å². The van der Waals surface area contributed by atoms with Crippen LogP contribution < -0.4 is 43.4 Å². The van der Waals surface area contributed by atoms with Gasteiger partial charge in [-0.15, -0.1) is 0 Å². The number of carboxylic acids is 1. The van der Waals surface area contributed by atoms with Crippen LogP contribution in [0, 0.1) is 11.8 Å². The second-order valence-electron chi connectivity index (χ2n) is 12.8. The predicted molar refractivity (Wildman–Crippen MR) is 190 cm³/mol. The molecule has 1 heterocycles. The highest BCUT2D eigenvalue weighted by Crippen LogP contribution is 2.21. The molecular weight excluding hydrogens is 711 g/mol. The number of hydrogen-bond donors (Lipinski definition) is 11. The number of nitrogens with one attached hydrogen (secondary N) is 6. The van der Waals surface area contributed by atoms with Crippen molar-refractivity contribution in [1.29, 1.82) is 0 Å². The van der Waals surface area contributed by atoms with E-state index in [2.05, 4.69) is 57.2 Å². The molecule has 0 radical (unpaired) electrons. The molecule has 51 heavy (non-hydrogen) atoms. The van der Waals surface area contributed by atoms with Crippen LogP contribution in [-0.2, 0) is 43.2 Å². The lowest BCUT2D eigenvalue weighted by Crippen LogP contribution is -2.61. The maximum Gasteiger partial charge on any atom is 0.327 e. The fraction of sp³-hybridized carbons (Fsp3) is 0.700. The molecule has 0 aromatic rings. The predicted octanol–water partition coefficient (Wildman–Crippen LogP) is -4.00. The number of hydrogen-bond acceptors (Lipinski definition) is 12. The van der Waals surface area contributed by atoms with E-state index in [9.17, 15) is 48.3 Å². The van der Waals surface area contributed by atoms with E-state index in [4.69, 9.17) is 11.5 Å². The maximum atomic E-state index is 13.8. The molecule has 1 aliphatic heterocycles. The summed E-state index contributed by atoms with van der Waals surface area (Å²) in [5.41, 5.74) is 10.8. The molecule has 1 saturated heterocycles. The quantitative estimate of drug-likeness (QED) is 0.0532. The molecule has 288 valence electrons. The van der Waals surface area contributed by atoms with Gasteiger partial charge in [0.1, 0.15) is 36.3 Å². The minimum Gasteiger partial charge on any atom is -0.480 e. The average molecular weight is 762 g/mol. The van der Waals surface area contributed by atoms with Crippen LogP contribution in [0.3, 0.4) is 0 Å². The number of likely N-dealkylation sites (tertiary alicyclic amines) is 1. The van der Waals surface area contributed by atoms with Gasteiger partial charge >= 0.3 is 5.97 Å². The van der Waals surface area contributed by atoms with Gasteiger partial charge in [-0.3, -0.25) is 38.4 Å². The third-order valence-corrected chi connectivity index (χ3v) is 8.64. The number of carbonyl (C=O) groups excluding carboxylic acids is 8. The van der Waals surface area contributed by atoms with Gasteiger partial charge in [-0.05, 0) is 31.6 Å². The molecule has 7 atom stereocenters. The Balaban J connectivity index is 3.03. The van der Waals surface area contributed by atoms with Crippen LogP contribution in [0.15, 0.2) is 0 Å². The summed E-state index contributed by atoms with van der Waals surface area (Å²) in [7, 11) is 0. The molecule has 21 heteroatoms. The van der Waals surface area contributed by atoms with Gasteiger partial charge < -0.3 is 53.4 Å². The Bertz CT molecular complexity index is 1320. The van der Waals surface area contributed by atoms with E-state index in [-0.39, 0.29) is 24.5 Å². The molecular formula is C30H51N9O10S2. The molecule has 1 fully saturated rings. The Morgan fingerprint density at radius 3 is 1.86 bits per heavy atom. The van der Waals surface area contributed by atoms with Crippen LogP contribution in [0.5, 0.6) is 0 Å². The minimum absolute atomic E-state index is 0.0656. The van der Waals surface area contributed by atoms with Gasteiger partial charge in [-0.25, -0.2) is 4.79 Å². The minimum atomic E-state index is -1.53. The molecule has 1 aliphatic rings. The highest BCUT2D eigenvalue weighted by Gasteiger charge is 2.41. The number of aliphatic carboxylic acids is 1. The molecule has 11 N–H and O–H groups in total. The van der Waals surface area contributed by atoms with Crippen molar-refractivity contribution in [3.05, 3.63) is 0 Å². The Labute approximate surface area is 307 Å². The van der Waals surface area contributed by atoms with E-state index in [1.165, 1.54) is 11.8 Å². The summed E-state index contributed by atoms with van der Waals surface area (Å²) in [5.74, 6) is -8.56. The van der Waals surface area contributed by atoms with E-state index in [0.29, 0.717) is 6.42 Å². The first-order valence-electron chi connectivity index (χ1n) is 16.3. The van der Waals surface area contributed by atoms with Crippen molar-refractivity contribution in [2.75, 3.05) is 24.6 Å². The van der Waals surface area contributed by atoms with Gasteiger partial charge in [0.2, 0.25) is 47.3 Å². The standard InChI is InChI=1S/C30H51N9O10S2/c1-13(2)22(37-24(42)15(5)34-21(41)10-33-25(43)16(31)11-50)28(46)38-23(14(3)4)29(47)39-8-6-7-19(39)27(45)35-17(9-20(32)40)26(44)36-18(12-51)30(48)49/h13-19,22-23,50-51H,6-12,31H2,1-5H3,(H2,32,40)(H,33,43)(H,34,41)(H,35,45)(H,36,44)(H,37,42)(H,38,46)(H,48,49)/t15-,16-,17-,18-,19-,22-,23-/m0/s1. The summed E-state index contributed by atoms with van der Waals surface area (Å²) in [4.78, 5) is 115. The van der Waals surface area contributed by atoms with Crippen LogP contribution in [0.1, 0.15) is 53.9 Å². The number of amides is 8. The van der Waals surface area contributed by atoms with Gasteiger partial charge in [-0.2, -0.15) is 25.3 Å². The molecule has 0 unspecified atom stereocenters. The number of nitrogens with two attached hydrogens (primary N) is 2. The third kappa shape index (κ3) is 14.2. The first-order valence-corrected chi connectivity index (χ1v) is 17.6. The number of carbonyl (C=O) groups is 9. The summed E-state index contributed by atoms with van der Waals surface area (Å²) in [6.07, 6.45) is -0.0559. The largest absolute Gasteiger partial charge is 0.480 e. The summed E-state index contributed by atoms with van der Waals surface area (Å²) in [6, 6.07) is -8.35. The lowest BCUT2D eigenvalue weighted by Gasteiger charge is -2.32. The Morgan fingerprint density at radius 1 is 0.765 bits per heavy atom. The van der Waals surface area contributed by atoms with E-state index >= 15 is 0 Å². The van der Waals surface area contributed by atoms with Crippen molar-refractivity contribution >= 4 is 78.5 Å². The average Bonchev–Trinajstić information content (AvgIpc) is 3.55. The fourth-order valence-electron chi connectivity index (χ4n) is 4.93. The lowest BCUT2D eigenvalue weighted by atomic mass is 9.98. The first-order chi connectivity index (χ1) is 23.7. The molecule has 0 aromatic carbocycles. The zero-order valence-corrected chi connectivity index (χ0v) is 31.1. The molecule has 0 aromatic heterocycles. The number of primary amides is 1. The van der Waals surface area contributed by atoms with Crippen molar-refractivity contribution in [3.63, 3.8) is 0 Å². The topological polar surface area (TPSA) is 301 Å². The molecule has 1 rings (SSSR count). The summed E-state index contributed by atoms with van der Waals surface area (Å²) in [6.45, 7) is 7.73. The summed E-state index contributed by atoms with van der Waals surface area (Å²) >= 11 is 7.80. The van der Waals surface area contributed by atoms with Crippen LogP contribution in [0.2, 0.25) is 0 Å². The molecule has 0 aliphatic carbocycles. The number of thiol groups is 2. The van der Waals surface area contributed by atoms with E-state index in [1.807, 2.05) is 0 Å². The van der Waals surface area contributed by atoms with Crippen LogP contribution in [0.4, 0.5) is 0 Å². The van der Waals surface area contributed by atoms with Crippen molar-refractivity contribution in [1.82, 2.24) is 36.8 Å². The monoisotopic (exact) mass is 761 g/mol. The summed E-state index contributed by atoms with van der Waals surface area (Å²) in [5, 5.41) is 23.8. The second-order valence-corrected chi connectivity index (χ2v) is 13.5. The fourth-order valence-corrected chi connectivity index (χ4v) is 5.34. The van der Waals surface area contributed by atoms with E-state index in [1.54, 1.807) is 27.7 Å². The first kappa shape index (κ1) is 44.9. The van der Waals surface area contributed by atoms with Crippen LogP contribution >= 0.6 is 25.3 Å². The SMILES string of the molecule is CC(C)[C@H](NC(=O)[C@H](C)NC(=O)CNC(=O)[C@@H](N)CS)C(=O)N[C@H](C(=O)N1CCC[C@H]1C(=O)N[C@@H](CC(N)=O)C(=O)N[C@@H](CS)C(=O)O)C(C)C. The number of carboxylic acid groups (broad SMARTS) is 1. The molecule has 8 amide bonds. The van der Waals surface area contributed by atoms with Gasteiger partial charge in [0.15, 0.2) is 0 Å². The van der Waals surface area contributed by atoms with Crippen molar-refractivity contribution in [2.24, 2.45) is 23.3 Å². The van der Waals surface area contributed by atoms with Gasteiger partial charge in [0.25, 0.3) is 0 Å². The van der Waals surface area contributed by atoms with Gasteiger partial charge in [-0.1, -0.05) is 27.7 Å². The van der Waals surface area contributed by atoms with Gasteiger partial charge in [0.05, 0.1) is 19.0 Å². The Hall–Kier alpha value is -4.11. The van der Waals surface area contributed by atoms with Crippen molar-refractivity contribution < 1.29 is 48.3 Å². The van der Waals surface area contributed by atoms with E-state index in [0.717, 1.165) is 0 Å². The third-order valence-electron chi connectivity index (χ3n) is 7.88. The smallest absolute Gasteiger partial charge is 0.327 e. The summed E-state index contributed by atoms with van der Waals surface area (Å²) < 4.78 is 0. The van der Waals surface area contributed by atoms with Crippen LogP contribution in [0.25, 0.3) is 0 Å².